The number of nitrogens with zero attached hydrogens (tertiary/aromatic N) is 3. The van der Waals surface area contributed by atoms with Gasteiger partial charge in [0.15, 0.2) is 5.03 Å². The van der Waals surface area contributed by atoms with Crippen molar-refractivity contribution < 1.29 is 18.3 Å². The van der Waals surface area contributed by atoms with Crippen LogP contribution in [0.5, 0.6) is 0 Å². The van der Waals surface area contributed by atoms with Crippen molar-refractivity contribution in [2.75, 3.05) is 22.7 Å². The Balaban J connectivity index is 1.39. The molecule has 0 radical (unpaired) electrons. The highest BCUT2D eigenvalue weighted by atomic mass is 32.2. The maximum absolute atomic E-state index is 13.2. The fraction of sp³-hybridized carbons (Fsp3) is 0.346. The van der Waals surface area contributed by atoms with Crippen LogP contribution in [0.25, 0.3) is 11.3 Å². The van der Waals surface area contributed by atoms with E-state index in [0.717, 1.165) is 24.1 Å². The number of pyridine rings is 2. The Hall–Kier alpha value is -3.46. The summed E-state index contributed by atoms with van der Waals surface area (Å²) in [7, 11) is -4.00. The second kappa shape index (κ2) is 8.96. The first-order chi connectivity index (χ1) is 16.7. The predicted molar refractivity (Wildman–Crippen MR) is 134 cm³/mol. The molecule has 9 heteroatoms. The molecule has 2 aliphatic rings. The van der Waals surface area contributed by atoms with Crippen molar-refractivity contribution in [1.29, 1.82) is 0 Å². The molecule has 2 aromatic heterocycles. The minimum Gasteiger partial charge on any atom is -0.481 e. The van der Waals surface area contributed by atoms with E-state index >= 15 is 0 Å². The summed E-state index contributed by atoms with van der Waals surface area (Å²) in [5, 5.41) is 9.47. The highest BCUT2D eigenvalue weighted by Crippen LogP contribution is 2.44. The summed E-state index contributed by atoms with van der Waals surface area (Å²) in [6.07, 6.45) is 3.59. The molecule has 0 amide bonds. The van der Waals surface area contributed by atoms with Crippen LogP contribution in [0, 0.1) is 5.41 Å². The van der Waals surface area contributed by atoms with Crippen LogP contribution in [0.15, 0.2) is 65.7 Å². The third-order valence-corrected chi connectivity index (χ3v) is 8.02. The molecule has 3 aromatic rings. The fourth-order valence-corrected chi connectivity index (χ4v) is 5.62. The molecule has 1 unspecified atom stereocenters. The maximum atomic E-state index is 13.2. The van der Waals surface area contributed by atoms with Gasteiger partial charge in [-0.25, -0.2) is 9.97 Å². The molecule has 5 rings (SSSR count). The molecule has 0 spiro atoms. The maximum Gasteiger partial charge on any atom is 0.311 e. The van der Waals surface area contributed by atoms with E-state index in [1.54, 1.807) is 31.2 Å². The van der Waals surface area contributed by atoms with Crippen LogP contribution in [0.1, 0.15) is 44.1 Å². The van der Waals surface area contributed by atoms with Crippen LogP contribution >= 0.6 is 0 Å². The Labute approximate surface area is 205 Å². The summed E-state index contributed by atoms with van der Waals surface area (Å²) in [4.78, 5) is 22.5. The molecule has 1 saturated heterocycles. The quantitative estimate of drug-likeness (QED) is 0.499. The van der Waals surface area contributed by atoms with Crippen LogP contribution < -0.4 is 9.62 Å². The number of nitrogens with one attached hydrogen (secondary N) is 1. The molecular weight excluding hydrogens is 464 g/mol. The summed E-state index contributed by atoms with van der Waals surface area (Å²) in [6, 6.07) is 18.2. The number of anilines is 2. The van der Waals surface area contributed by atoms with Crippen LogP contribution in [0.3, 0.4) is 0 Å². The predicted octanol–water partition coefficient (Wildman–Crippen LogP) is 4.51. The highest BCUT2D eigenvalue weighted by molar-refractivity contribution is 7.92. The van der Waals surface area contributed by atoms with Crippen LogP contribution in [-0.4, -0.2) is 42.6 Å². The first-order valence-electron chi connectivity index (χ1n) is 11.8. The third-order valence-electron chi connectivity index (χ3n) is 6.76. The lowest BCUT2D eigenvalue weighted by molar-refractivity contribution is -0.148. The van der Waals surface area contributed by atoms with Gasteiger partial charge in [0.25, 0.3) is 10.0 Å². The lowest BCUT2D eigenvalue weighted by atomic mass is 9.82. The molecule has 8 nitrogen and oxygen atoms in total. The van der Waals surface area contributed by atoms with Gasteiger partial charge in [-0.15, -0.1) is 0 Å². The van der Waals surface area contributed by atoms with Crippen molar-refractivity contribution in [3.63, 3.8) is 0 Å². The number of piperidine rings is 1. The fourth-order valence-electron chi connectivity index (χ4n) is 4.65. The number of sulfonamides is 1. The summed E-state index contributed by atoms with van der Waals surface area (Å²) in [5.74, 6) is 0.344. The van der Waals surface area contributed by atoms with Gasteiger partial charge >= 0.3 is 5.97 Å². The second-order valence-corrected chi connectivity index (χ2v) is 11.2. The topological polar surface area (TPSA) is 112 Å². The molecule has 1 atom stereocenters. The number of hydrogen-bond acceptors (Lipinski definition) is 6. The smallest absolute Gasteiger partial charge is 0.311 e. The van der Waals surface area contributed by atoms with Gasteiger partial charge < -0.3 is 10.0 Å². The molecule has 2 N–H and O–H groups in total. The van der Waals surface area contributed by atoms with Crippen LogP contribution in [-0.2, 0) is 14.8 Å². The normalized spacial score (nSPS) is 20.4. The first-order valence-corrected chi connectivity index (χ1v) is 13.3. The Morgan fingerprint density at radius 2 is 1.83 bits per heavy atom. The van der Waals surface area contributed by atoms with Gasteiger partial charge in [0, 0.05) is 18.7 Å². The number of carboxylic acids is 1. The van der Waals surface area contributed by atoms with E-state index in [4.69, 9.17) is 0 Å². The number of carboxylic acid groups (broad SMARTS) is 1. The average Bonchev–Trinajstić information content (AvgIpc) is 3.70. The van der Waals surface area contributed by atoms with Crippen LogP contribution in [0.2, 0.25) is 0 Å². The van der Waals surface area contributed by atoms with Gasteiger partial charge in [0.2, 0.25) is 0 Å². The van der Waals surface area contributed by atoms with Gasteiger partial charge in [-0.1, -0.05) is 36.4 Å². The summed E-state index contributed by atoms with van der Waals surface area (Å²) >= 11 is 0. The molecule has 1 saturated carbocycles. The van der Waals surface area contributed by atoms with E-state index in [1.807, 2.05) is 29.2 Å². The van der Waals surface area contributed by atoms with E-state index in [1.165, 1.54) is 11.6 Å². The summed E-state index contributed by atoms with van der Waals surface area (Å²) < 4.78 is 28.9. The molecular formula is C26H28N4O4S. The average molecular weight is 493 g/mol. The van der Waals surface area contributed by atoms with E-state index < -0.39 is 21.4 Å². The first kappa shape index (κ1) is 23.3. The van der Waals surface area contributed by atoms with Gasteiger partial charge in [-0.3, -0.25) is 9.52 Å². The van der Waals surface area contributed by atoms with Crippen LogP contribution in [0.4, 0.5) is 11.6 Å². The SMILES string of the molecule is CC1(C(=O)O)CCCN(c2cccc(S(=O)(=O)Nc3cccc(-c4ccccc4C4CC4)n3)n2)C1. The van der Waals surface area contributed by atoms with Crippen molar-refractivity contribution in [1.82, 2.24) is 9.97 Å². The zero-order chi connectivity index (χ0) is 24.6. The lowest BCUT2D eigenvalue weighted by Gasteiger charge is -2.38. The van der Waals surface area contributed by atoms with Gasteiger partial charge in [-0.05, 0) is 68.4 Å². The molecule has 2 fully saturated rings. The Bertz CT molecular complexity index is 1370. The molecule has 182 valence electrons. The lowest BCUT2D eigenvalue weighted by Crippen LogP contribution is -2.46. The number of aromatic nitrogens is 2. The minimum absolute atomic E-state index is 0.136. The number of hydrogen-bond donors (Lipinski definition) is 2. The van der Waals surface area contributed by atoms with Crippen molar-refractivity contribution in [2.45, 2.75) is 43.6 Å². The van der Waals surface area contributed by atoms with Crippen molar-refractivity contribution in [3.8, 4) is 11.3 Å². The number of benzene rings is 1. The third kappa shape index (κ3) is 4.86. The molecule has 1 aromatic carbocycles. The van der Waals surface area contributed by atoms with Gasteiger partial charge in [0.1, 0.15) is 11.6 Å². The zero-order valence-electron chi connectivity index (χ0n) is 19.5. The molecule has 1 aliphatic heterocycles. The molecule has 1 aliphatic carbocycles. The Morgan fingerprint density at radius 1 is 1.06 bits per heavy atom. The summed E-state index contributed by atoms with van der Waals surface area (Å²) in [6.45, 7) is 2.61. The van der Waals surface area contributed by atoms with E-state index in [0.29, 0.717) is 31.1 Å². The summed E-state index contributed by atoms with van der Waals surface area (Å²) in [5.41, 5.74) is 2.08. The number of rotatable bonds is 7. The largest absolute Gasteiger partial charge is 0.481 e. The van der Waals surface area contributed by atoms with Gasteiger partial charge in [-0.2, -0.15) is 8.42 Å². The monoisotopic (exact) mass is 492 g/mol. The second-order valence-electron chi connectivity index (χ2n) is 9.60. The van der Waals surface area contributed by atoms with Gasteiger partial charge in [0.05, 0.1) is 11.1 Å². The number of aliphatic carboxylic acids is 1. The zero-order valence-corrected chi connectivity index (χ0v) is 20.3. The standard InChI is InChI=1S/C26H28N4O4S/c1-26(25(31)32)15-6-16-30(17-26)23-11-5-12-24(28-23)35(33,34)29-22-10-4-9-21(27-22)20-8-3-2-7-19(20)18-13-14-18/h2-5,7-12,18H,6,13-17H2,1H3,(H,27,29)(H,31,32). The highest BCUT2D eigenvalue weighted by Gasteiger charge is 2.38. The molecule has 3 heterocycles. The minimum atomic E-state index is -4.00. The Morgan fingerprint density at radius 3 is 2.60 bits per heavy atom. The van der Waals surface area contributed by atoms with E-state index in [9.17, 15) is 18.3 Å². The molecule has 35 heavy (non-hydrogen) atoms. The number of carbonyl (C=O) groups is 1. The van der Waals surface area contributed by atoms with E-state index in [2.05, 4.69) is 20.8 Å². The Kier molecular flexibility index (Phi) is 5.96. The van der Waals surface area contributed by atoms with Crippen molar-refractivity contribution in [2.24, 2.45) is 5.41 Å². The molecule has 0 bridgehead atoms. The van der Waals surface area contributed by atoms with Crippen molar-refractivity contribution in [3.05, 3.63) is 66.2 Å². The van der Waals surface area contributed by atoms with Crippen molar-refractivity contribution >= 4 is 27.6 Å². The van der Waals surface area contributed by atoms with E-state index in [-0.39, 0.29) is 17.4 Å².